The Morgan fingerprint density at radius 1 is 1.56 bits per heavy atom. The summed E-state index contributed by atoms with van der Waals surface area (Å²) in [6.07, 6.45) is 1.77. The highest BCUT2D eigenvalue weighted by atomic mass is 16.3. The molecular formula is C11H18N4O. The standard InChI is InChI=1S/C11H18N4O/c12-14-11-5-1-3-9(13-11)7-15-6-2-4-10(16)8-15/h1,3,5,10,16H,2,4,6-8,12H2,(H,13,14). The van der Waals surface area contributed by atoms with Crippen molar-refractivity contribution in [2.24, 2.45) is 5.84 Å². The number of hydrogen-bond donors (Lipinski definition) is 3. The average molecular weight is 222 g/mol. The fraction of sp³-hybridized carbons (Fsp3) is 0.545. The summed E-state index contributed by atoms with van der Waals surface area (Å²) in [6, 6.07) is 5.73. The molecule has 1 fully saturated rings. The third-order valence-electron chi connectivity index (χ3n) is 2.82. The molecule has 0 aromatic carbocycles. The van der Waals surface area contributed by atoms with E-state index in [1.165, 1.54) is 0 Å². The van der Waals surface area contributed by atoms with Gasteiger partial charge in [0.15, 0.2) is 0 Å². The van der Waals surface area contributed by atoms with E-state index in [-0.39, 0.29) is 6.10 Å². The topological polar surface area (TPSA) is 74.4 Å². The molecule has 2 heterocycles. The molecule has 0 radical (unpaired) electrons. The number of hydrazine groups is 1. The van der Waals surface area contributed by atoms with Crippen LogP contribution in [0.3, 0.4) is 0 Å². The van der Waals surface area contributed by atoms with Crippen LogP contribution in [0.5, 0.6) is 0 Å². The first-order chi connectivity index (χ1) is 7.78. The molecule has 1 saturated heterocycles. The lowest BCUT2D eigenvalue weighted by Gasteiger charge is -2.29. The lowest BCUT2D eigenvalue weighted by Crippen LogP contribution is -2.37. The molecule has 0 amide bonds. The maximum absolute atomic E-state index is 9.56. The molecule has 1 unspecified atom stereocenters. The third-order valence-corrected chi connectivity index (χ3v) is 2.82. The largest absolute Gasteiger partial charge is 0.392 e. The first kappa shape index (κ1) is 11.3. The summed E-state index contributed by atoms with van der Waals surface area (Å²) in [5.41, 5.74) is 3.51. The van der Waals surface area contributed by atoms with Crippen molar-refractivity contribution in [3.8, 4) is 0 Å². The van der Waals surface area contributed by atoms with E-state index < -0.39 is 0 Å². The summed E-state index contributed by atoms with van der Waals surface area (Å²) >= 11 is 0. The van der Waals surface area contributed by atoms with Crippen LogP contribution < -0.4 is 11.3 Å². The lowest BCUT2D eigenvalue weighted by molar-refractivity contribution is 0.0662. The Morgan fingerprint density at radius 2 is 2.44 bits per heavy atom. The predicted octanol–water partition coefficient (Wildman–Crippen LogP) is 0.324. The second kappa shape index (κ2) is 5.25. The van der Waals surface area contributed by atoms with Crippen molar-refractivity contribution in [3.63, 3.8) is 0 Å². The van der Waals surface area contributed by atoms with Gasteiger partial charge in [0.25, 0.3) is 0 Å². The molecule has 5 heteroatoms. The number of β-amino-alcohol motifs (C(OH)–C–C–N with tert-alkyl or cyclic N) is 1. The summed E-state index contributed by atoms with van der Waals surface area (Å²) in [7, 11) is 0. The molecule has 1 aromatic heterocycles. The van der Waals surface area contributed by atoms with Crippen molar-refractivity contribution in [3.05, 3.63) is 23.9 Å². The fourth-order valence-electron chi connectivity index (χ4n) is 2.05. The number of aliphatic hydroxyl groups is 1. The Kier molecular flexibility index (Phi) is 3.71. The molecule has 0 saturated carbocycles. The molecule has 16 heavy (non-hydrogen) atoms. The van der Waals surface area contributed by atoms with Gasteiger partial charge in [-0.1, -0.05) is 6.07 Å². The number of likely N-dealkylation sites (tertiary alicyclic amines) is 1. The highest BCUT2D eigenvalue weighted by molar-refractivity contribution is 5.33. The van der Waals surface area contributed by atoms with Crippen molar-refractivity contribution in [2.45, 2.75) is 25.5 Å². The molecule has 0 bridgehead atoms. The molecule has 0 spiro atoms. The SMILES string of the molecule is NNc1cccc(CN2CCCC(O)C2)n1. The zero-order chi connectivity index (χ0) is 11.4. The van der Waals surface area contributed by atoms with Crippen molar-refractivity contribution in [2.75, 3.05) is 18.5 Å². The molecule has 4 N–H and O–H groups in total. The smallest absolute Gasteiger partial charge is 0.140 e. The molecule has 2 rings (SSSR count). The zero-order valence-corrected chi connectivity index (χ0v) is 9.26. The van der Waals surface area contributed by atoms with Crippen LogP contribution in [-0.2, 0) is 6.54 Å². The predicted molar refractivity (Wildman–Crippen MR) is 62.6 cm³/mol. The average Bonchev–Trinajstić information content (AvgIpc) is 2.29. The van der Waals surface area contributed by atoms with E-state index in [0.29, 0.717) is 5.82 Å². The van der Waals surface area contributed by atoms with Gasteiger partial charge in [0.2, 0.25) is 0 Å². The summed E-state index contributed by atoms with van der Waals surface area (Å²) in [4.78, 5) is 6.57. The van der Waals surface area contributed by atoms with E-state index in [1.807, 2.05) is 18.2 Å². The van der Waals surface area contributed by atoms with E-state index in [2.05, 4.69) is 15.3 Å². The quantitative estimate of drug-likeness (QED) is 0.507. The number of aromatic nitrogens is 1. The van der Waals surface area contributed by atoms with Gasteiger partial charge in [-0.05, 0) is 31.5 Å². The molecule has 1 aromatic rings. The summed E-state index contributed by atoms with van der Waals surface area (Å²) < 4.78 is 0. The van der Waals surface area contributed by atoms with Crippen LogP contribution in [0.2, 0.25) is 0 Å². The van der Waals surface area contributed by atoms with Crippen LogP contribution in [0, 0.1) is 0 Å². The molecule has 1 aliphatic rings. The summed E-state index contributed by atoms with van der Waals surface area (Å²) in [5.74, 6) is 5.98. The third kappa shape index (κ3) is 2.91. The second-order valence-corrected chi connectivity index (χ2v) is 4.19. The number of hydrogen-bond acceptors (Lipinski definition) is 5. The van der Waals surface area contributed by atoms with E-state index >= 15 is 0 Å². The Morgan fingerprint density at radius 3 is 3.19 bits per heavy atom. The minimum atomic E-state index is -0.190. The van der Waals surface area contributed by atoms with Gasteiger partial charge in [-0.3, -0.25) is 4.90 Å². The Bertz CT molecular complexity index is 345. The van der Waals surface area contributed by atoms with Gasteiger partial charge in [-0.2, -0.15) is 0 Å². The maximum atomic E-state index is 9.56. The lowest BCUT2D eigenvalue weighted by atomic mass is 10.1. The van der Waals surface area contributed by atoms with Crippen molar-refractivity contribution >= 4 is 5.82 Å². The molecule has 1 atom stereocenters. The van der Waals surface area contributed by atoms with Gasteiger partial charge in [0.1, 0.15) is 5.82 Å². The van der Waals surface area contributed by atoms with E-state index in [0.717, 1.165) is 38.2 Å². The van der Waals surface area contributed by atoms with E-state index in [9.17, 15) is 5.11 Å². The summed E-state index contributed by atoms with van der Waals surface area (Å²) in [5, 5.41) is 9.56. The highest BCUT2D eigenvalue weighted by Gasteiger charge is 2.17. The Labute approximate surface area is 95.2 Å². The van der Waals surface area contributed by atoms with Gasteiger partial charge >= 0.3 is 0 Å². The number of piperidine rings is 1. The van der Waals surface area contributed by atoms with Gasteiger partial charge < -0.3 is 10.5 Å². The number of nitrogen functional groups attached to an aromatic ring is 1. The number of nitrogens with one attached hydrogen (secondary N) is 1. The second-order valence-electron chi connectivity index (χ2n) is 4.19. The summed E-state index contributed by atoms with van der Waals surface area (Å²) in [6.45, 7) is 2.54. The van der Waals surface area contributed by atoms with Crippen LogP contribution in [0.25, 0.3) is 0 Å². The Hall–Kier alpha value is -1.17. The van der Waals surface area contributed by atoms with Gasteiger partial charge in [-0.15, -0.1) is 0 Å². The highest BCUT2D eigenvalue weighted by Crippen LogP contribution is 2.13. The number of nitrogens with zero attached hydrogens (tertiary/aromatic N) is 2. The van der Waals surface area contributed by atoms with Gasteiger partial charge in [0, 0.05) is 13.1 Å². The number of pyridine rings is 1. The van der Waals surface area contributed by atoms with Crippen molar-refractivity contribution in [1.82, 2.24) is 9.88 Å². The monoisotopic (exact) mass is 222 g/mol. The Balaban J connectivity index is 1.97. The van der Waals surface area contributed by atoms with Crippen molar-refractivity contribution < 1.29 is 5.11 Å². The van der Waals surface area contributed by atoms with Gasteiger partial charge in [0.05, 0.1) is 11.8 Å². The maximum Gasteiger partial charge on any atom is 0.140 e. The fourth-order valence-corrected chi connectivity index (χ4v) is 2.05. The van der Waals surface area contributed by atoms with Crippen LogP contribution >= 0.6 is 0 Å². The first-order valence-corrected chi connectivity index (χ1v) is 5.61. The van der Waals surface area contributed by atoms with Crippen LogP contribution in [-0.4, -0.2) is 34.2 Å². The first-order valence-electron chi connectivity index (χ1n) is 5.61. The number of nitrogens with two attached hydrogens (primary N) is 1. The van der Waals surface area contributed by atoms with Crippen molar-refractivity contribution in [1.29, 1.82) is 0 Å². The number of anilines is 1. The van der Waals surface area contributed by atoms with E-state index in [4.69, 9.17) is 5.84 Å². The number of rotatable bonds is 3. The number of aliphatic hydroxyl groups excluding tert-OH is 1. The molecule has 88 valence electrons. The normalized spacial score (nSPS) is 22.0. The van der Waals surface area contributed by atoms with Crippen LogP contribution in [0.4, 0.5) is 5.82 Å². The van der Waals surface area contributed by atoms with Crippen LogP contribution in [0.15, 0.2) is 18.2 Å². The van der Waals surface area contributed by atoms with E-state index in [1.54, 1.807) is 0 Å². The zero-order valence-electron chi connectivity index (χ0n) is 9.26. The molecular weight excluding hydrogens is 204 g/mol. The van der Waals surface area contributed by atoms with Gasteiger partial charge in [-0.25, -0.2) is 10.8 Å². The molecule has 5 nitrogen and oxygen atoms in total. The minimum Gasteiger partial charge on any atom is -0.392 e. The molecule has 1 aliphatic heterocycles. The minimum absolute atomic E-state index is 0.190. The van der Waals surface area contributed by atoms with Crippen LogP contribution in [0.1, 0.15) is 18.5 Å². The molecule has 0 aliphatic carbocycles.